The molecule has 0 aliphatic rings. The molecule has 0 spiro atoms. The second-order valence-corrected chi connectivity index (χ2v) is 4.50. The Hall–Kier alpha value is -1.86. The Balaban J connectivity index is 3.13. The molecule has 1 amide bonds. The van der Waals surface area contributed by atoms with E-state index in [0.717, 1.165) is 0 Å². The highest BCUT2D eigenvalue weighted by Gasteiger charge is 2.34. The van der Waals surface area contributed by atoms with E-state index < -0.39 is 47.6 Å². The van der Waals surface area contributed by atoms with Gasteiger partial charge in [0.25, 0.3) is 5.91 Å². The van der Waals surface area contributed by atoms with Crippen LogP contribution in [0.1, 0.15) is 24.2 Å². The predicted octanol–water partition coefficient (Wildman–Crippen LogP) is 2.96. The van der Waals surface area contributed by atoms with E-state index >= 15 is 0 Å². The van der Waals surface area contributed by atoms with Crippen LogP contribution in [0, 0.1) is 11.6 Å². The van der Waals surface area contributed by atoms with Crippen molar-refractivity contribution in [3.8, 4) is 0 Å². The van der Waals surface area contributed by atoms with Crippen LogP contribution in [-0.4, -0.2) is 29.6 Å². The summed E-state index contributed by atoms with van der Waals surface area (Å²) in [5.41, 5.74) is 3.73. The van der Waals surface area contributed by atoms with Gasteiger partial charge in [-0.05, 0) is 26.0 Å². The number of carbonyl (C=O) groups is 1. The number of nitrogen functional groups attached to an aromatic ring is 1. The minimum absolute atomic E-state index is 0.477. The van der Waals surface area contributed by atoms with Gasteiger partial charge in [0, 0.05) is 11.6 Å². The minimum atomic E-state index is -4.61. The number of hydrogen-bond acceptors (Lipinski definition) is 2. The molecule has 0 radical (unpaired) electrons. The summed E-state index contributed by atoms with van der Waals surface area (Å²) in [6, 6.07) is 0.451. The average Bonchev–Trinajstić information content (AvgIpc) is 2.30. The van der Waals surface area contributed by atoms with E-state index in [9.17, 15) is 26.7 Å². The number of alkyl halides is 3. The molecule has 1 aromatic rings. The molecule has 0 aromatic heterocycles. The fourth-order valence-electron chi connectivity index (χ4n) is 1.56. The van der Waals surface area contributed by atoms with Gasteiger partial charge in [-0.3, -0.25) is 4.79 Å². The molecule has 8 heteroatoms. The third-order valence-electron chi connectivity index (χ3n) is 2.56. The van der Waals surface area contributed by atoms with Gasteiger partial charge < -0.3 is 10.6 Å². The molecule has 3 nitrogen and oxygen atoms in total. The van der Waals surface area contributed by atoms with Crippen LogP contribution in [0.15, 0.2) is 12.1 Å². The lowest BCUT2D eigenvalue weighted by Gasteiger charge is -2.27. The molecule has 0 unspecified atom stereocenters. The van der Waals surface area contributed by atoms with Crippen molar-refractivity contribution in [1.82, 2.24) is 4.90 Å². The van der Waals surface area contributed by atoms with E-state index in [-0.39, 0.29) is 0 Å². The summed E-state index contributed by atoms with van der Waals surface area (Å²) in [7, 11) is 0. The fraction of sp³-hybridized carbons (Fsp3) is 0.417. The molecular weight excluding hydrogens is 283 g/mol. The molecule has 0 aliphatic heterocycles. The van der Waals surface area contributed by atoms with E-state index in [1.807, 2.05) is 0 Å². The number of anilines is 1. The first kappa shape index (κ1) is 16.2. The van der Waals surface area contributed by atoms with Gasteiger partial charge in [-0.2, -0.15) is 13.2 Å². The van der Waals surface area contributed by atoms with Gasteiger partial charge in [0.2, 0.25) is 0 Å². The molecule has 0 atom stereocenters. The Morgan fingerprint density at radius 2 is 1.70 bits per heavy atom. The van der Waals surface area contributed by atoms with Crippen molar-refractivity contribution >= 4 is 11.6 Å². The lowest BCUT2D eigenvalue weighted by atomic mass is 10.1. The first-order valence-corrected chi connectivity index (χ1v) is 5.65. The molecule has 0 saturated carbocycles. The number of amides is 1. The number of halogens is 5. The summed E-state index contributed by atoms with van der Waals surface area (Å²) in [5, 5.41) is 0. The quantitative estimate of drug-likeness (QED) is 0.688. The SMILES string of the molecule is CC(C)N(CC(F)(F)F)C(=O)c1cc(F)c(N)c(F)c1. The zero-order valence-electron chi connectivity index (χ0n) is 10.8. The van der Waals surface area contributed by atoms with Crippen LogP contribution >= 0.6 is 0 Å². The monoisotopic (exact) mass is 296 g/mol. The van der Waals surface area contributed by atoms with E-state index in [2.05, 4.69) is 0 Å². The molecule has 0 aliphatic carbocycles. The summed E-state index contributed by atoms with van der Waals surface area (Å²) in [4.78, 5) is 12.4. The Morgan fingerprint density at radius 1 is 1.25 bits per heavy atom. The molecule has 1 rings (SSSR count). The van der Waals surface area contributed by atoms with Crippen molar-refractivity contribution in [3.05, 3.63) is 29.3 Å². The summed E-state index contributed by atoms with van der Waals surface area (Å²) in [6.07, 6.45) is -4.61. The number of rotatable bonds is 3. The standard InChI is InChI=1S/C12H13F5N2O/c1-6(2)19(5-12(15,16)17)11(20)7-3-8(13)10(18)9(14)4-7/h3-4,6H,5,18H2,1-2H3. The molecule has 0 heterocycles. The normalized spacial score (nSPS) is 11.8. The van der Waals surface area contributed by atoms with E-state index in [1.165, 1.54) is 13.8 Å². The van der Waals surface area contributed by atoms with Crippen molar-refractivity contribution in [2.24, 2.45) is 0 Å². The van der Waals surface area contributed by atoms with Crippen LogP contribution in [0.4, 0.5) is 27.6 Å². The molecule has 20 heavy (non-hydrogen) atoms. The van der Waals surface area contributed by atoms with Crippen molar-refractivity contribution in [3.63, 3.8) is 0 Å². The first-order valence-electron chi connectivity index (χ1n) is 5.65. The number of nitrogens with zero attached hydrogens (tertiary/aromatic N) is 1. The smallest absolute Gasteiger partial charge is 0.394 e. The van der Waals surface area contributed by atoms with Gasteiger partial charge in [-0.25, -0.2) is 8.78 Å². The van der Waals surface area contributed by atoms with E-state index in [1.54, 1.807) is 0 Å². The summed E-state index contributed by atoms with van der Waals surface area (Å²) in [5.74, 6) is -3.50. The van der Waals surface area contributed by atoms with Crippen molar-refractivity contribution < 1.29 is 26.7 Å². The lowest BCUT2D eigenvalue weighted by molar-refractivity contribution is -0.143. The Kier molecular flexibility index (Phi) is 4.57. The highest BCUT2D eigenvalue weighted by Crippen LogP contribution is 2.22. The lowest BCUT2D eigenvalue weighted by Crippen LogP contribution is -2.43. The second kappa shape index (κ2) is 5.64. The van der Waals surface area contributed by atoms with E-state index in [4.69, 9.17) is 5.73 Å². The molecule has 1 aromatic carbocycles. The van der Waals surface area contributed by atoms with Crippen molar-refractivity contribution in [1.29, 1.82) is 0 Å². The molecule has 0 saturated heterocycles. The highest BCUT2D eigenvalue weighted by atomic mass is 19.4. The van der Waals surface area contributed by atoms with Crippen LogP contribution < -0.4 is 5.73 Å². The van der Waals surface area contributed by atoms with E-state index in [0.29, 0.717) is 17.0 Å². The first-order chi connectivity index (χ1) is 9.03. The maximum absolute atomic E-state index is 13.2. The average molecular weight is 296 g/mol. The molecule has 0 fully saturated rings. The van der Waals surface area contributed by atoms with Gasteiger partial charge in [0.15, 0.2) is 0 Å². The van der Waals surface area contributed by atoms with Crippen LogP contribution in [0.5, 0.6) is 0 Å². The largest absolute Gasteiger partial charge is 0.406 e. The molecule has 112 valence electrons. The van der Waals surface area contributed by atoms with Crippen LogP contribution in [0.3, 0.4) is 0 Å². The molecule has 2 N–H and O–H groups in total. The maximum atomic E-state index is 13.2. The molecule has 0 bridgehead atoms. The summed E-state index contributed by atoms with van der Waals surface area (Å²) >= 11 is 0. The Morgan fingerprint density at radius 3 is 2.05 bits per heavy atom. The zero-order chi connectivity index (χ0) is 15.7. The van der Waals surface area contributed by atoms with Gasteiger partial charge in [-0.1, -0.05) is 0 Å². The maximum Gasteiger partial charge on any atom is 0.406 e. The van der Waals surface area contributed by atoms with Crippen LogP contribution in [0.25, 0.3) is 0 Å². The predicted molar refractivity (Wildman–Crippen MR) is 63.0 cm³/mol. The van der Waals surface area contributed by atoms with Gasteiger partial charge >= 0.3 is 6.18 Å². The van der Waals surface area contributed by atoms with Crippen molar-refractivity contribution in [2.45, 2.75) is 26.1 Å². The van der Waals surface area contributed by atoms with Crippen molar-refractivity contribution in [2.75, 3.05) is 12.3 Å². The second-order valence-electron chi connectivity index (χ2n) is 4.50. The zero-order valence-corrected chi connectivity index (χ0v) is 10.8. The third kappa shape index (κ3) is 3.82. The highest BCUT2D eigenvalue weighted by molar-refractivity contribution is 5.94. The number of benzene rings is 1. The fourth-order valence-corrected chi connectivity index (χ4v) is 1.56. The topological polar surface area (TPSA) is 46.3 Å². The Labute approximate surface area is 112 Å². The minimum Gasteiger partial charge on any atom is -0.394 e. The Bertz CT molecular complexity index is 490. The van der Waals surface area contributed by atoms with Gasteiger partial charge in [0.1, 0.15) is 23.9 Å². The number of hydrogen-bond donors (Lipinski definition) is 1. The summed E-state index contributed by atoms with van der Waals surface area (Å²) in [6.45, 7) is 1.23. The van der Waals surface area contributed by atoms with Crippen LogP contribution in [0.2, 0.25) is 0 Å². The van der Waals surface area contributed by atoms with Gasteiger partial charge in [-0.15, -0.1) is 0 Å². The third-order valence-corrected chi connectivity index (χ3v) is 2.56. The van der Waals surface area contributed by atoms with Crippen LogP contribution in [-0.2, 0) is 0 Å². The van der Waals surface area contributed by atoms with Gasteiger partial charge in [0.05, 0.1) is 0 Å². The number of nitrogens with two attached hydrogens (primary N) is 1. The number of carbonyl (C=O) groups excluding carboxylic acids is 1. The molecular formula is C12H13F5N2O. The summed E-state index contributed by atoms with van der Waals surface area (Å²) < 4.78 is 63.7.